The summed E-state index contributed by atoms with van der Waals surface area (Å²) in [6.45, 7) is 12.1. The molecule has 0 heterocycles. The number of hydrogen-bond acceptors (Lipinski definition) is 2. The van der Waals surface area contributed by atoms with E-state index in [4.69, 9.17) is 5.11 Å². The van der Waals surface area contributed by atoms with E-state index in [0.717, 1.165) is 19.4 Å². The second-order valence-electron chi connectivity index (χ2n) is 6.28. The van der Waals surface area contributed by atoms with Crippen molar-refractivity contribution in [2.75, 3.05) is 19.7 Å². The zero-order chi connectivity index (χ0) is 13.3. The molecule has 0 unspecified atom stereocenters. The second kappa shape index (κ2) is 4.97. The van der Waals surface area contributed by atoms with E-state index in [2.05, 4.69) is 34.6 Å². The highest BCUT2D eigenvalue weighted by molar-refractivity contribution is 5.84. The van der Waals surface area contributed by atoms with Crippen molar-refractivity contribution in [1.82, 2.24) is 4.90 Å². The molecular weight excluding hydrogens is 214 g/mol. The summed E-state index contributed by atoms with van der Waals surface area (Å²) in [6.07, 6.45) is 2.09. The summed E-state index contributed by atoms with van der Waals surface area (Å²) in [5.74, 6) is 0.334. The number of carbonyl (C=O) groups is 1. The smallest absolute Gasteiger partial charge is 0.226 e. The minimum atomic E-state index is 0.0586. The van der Waals surface area contributed by atoms with E-state index in [-0.39, 0.29) is 29.3 Å². The van der Waals surface area contributed by atoms with Gasteiger partial charge in [0, 0.05) is 19.0 Å². The summed E-state index contributed by atoms with van der Waals surface area (Å²) in [5, 5.41) is 9.05. The zero-order valence-electron chi connectivity index (χ0n) is 11.9. The molecule has 1 fully saturated rings. The predicted octanol–water partition coefficient (Wildman–Crippen LogP) is 2.29. The zero-order valence-corrected chi connectivity index (χ0v) is 11.9. The average molecular weight is 241 g/mol. The maximum Gasteiger partial charge on any atom is 0.226 e. The number of hydrogen-bond donors (Lipinski definition) is 1. The van der Waals surface area contributed by atoms with Crippen LogP contribution in [0.3, 0.4) is 0 Å². The van der Waals surface area contributed by atoms with Crippen molar-refractivity contribution < 1.29 is 9.90 Å². The van der Waals surface area contributed by atoms with Gasteiger partial charge in [-0.3, -0.25) is 4.79 Å². The Labute approximate surface area is 105 Å². The Kier molecular flexibility index (Phi) is 4.23. The Morgan fingerprint density at radius 1 is 1.18 bits per heavy atom. The maximum atomic E-state index is 12.4. The molecular formula is C14H27NO2. The summed E-state index contributed by atoms with van der Waals surface area (Å²) in [5.41, 5.74) is 0.175. The van der Waals surface area contributed by atoms with Crippen LogP contribution in [0.1, 0.15) is 47.5 Å². The van der Waals surface area contributed by atoms with Crippen LogP contribution in [0.4, 0.5) is 0 Å². The van der Waals surface area contributed by atoms with Crippen LogP contribution in [-0.4, -0.2) is 35.6 Å². The second-order valence-corrected chi connectivity index (χ2v) is 6.28. The highest BCUT2D eigenvalue weighted by Gasteiger charge is 2.68. The van der Waals surface area contributed by atoms with Crippen molar-refractivity contribution in [2.24, 2.45) is 16.7 Å². The van der Waals surface area contributed by atoms with E-state index in [1.165, 1.54) is 0 Å². The van der Waals surface area contributed by atoms with Crippen LogP contribution in [0.15, 0.2) is 0 Å². The molecule has 0 aliphatic heterocycles. The number of carbonyl (C=O) groups excluding carboxylic acids is 1. The number of rotatable bonds is 6. The third-order valence-corrected chi connectivity index (χ3v) is 4.73. The summed E-state index contributed by atoms with van der Waals surface area (Å²) in [7, 11) is 0. The van der Waals surface area contributed by atoms with Crippen molar-refractivity contribution >= 4 is 5.91 Å². The number of aliphatic hydroxyl groups is 1. The van der Waals surface area contributed by atoms with Gasteiger partial charge in [0.25, 0.3) is 0 Å². The molecule has 0 atom stereocenters. The van der Waals surface area contributed by atoms with Crippen LogP contribution < -0.4 is 0 Å². The van der Waals surface area contributed by atoms with Gasteiger partial charge < -0.3 is 10.0 Å². The molecule has 3 nitrogen and oxygen atoms in total. The van der Waals surface area contributed by atoms with E-state index < -0.39 is 0 Å². The van der Waals surface area contributed by atoms with Gasteiger partial charge in [-0.15, -0.1) is 0 Å². The largest absolute Gasteiger partial charge is 0.395 e. The van der Waals surface area contributed by atoms with E-state index >= 15 is 0 Å². The van der Waals surface area contributed by atoms with Gasteiger partial charge in [0.2, 0.25) is 5.91 Å². The highest BCUT2D eigenvalue weighted by atomic mass is 16.3. The third-order valence-electron chi connectivity index (χ3n) is 4.73. The first kappa shape index (κ1) is 14.5. The highest BCUT2D eigenvalue weighted by Crippen LogP contribution is 2.68. The molecule has 3 heteroatoms. The lowest BCUT2D eigenvalue weighted by molar-refractivity contribution is -0.134. The molecule has 100 valence electrons. The topological polar surface area (TPSA) is 40.5 Å². The molecule has 0 aromatic rings. The summed E-state index contributed by atoms with van der Waals surface area (Å²) < 4.78 is 0. The van der Waals surface area contributed by atoms with E-state index in [9.17, 15) is 4.79 Å². The number of nitrogens with zero attached hydrogens (tertiary/aromatic N) is 1. The molecule has 0 saturated heterocycles. The first-order valence-electron chi connectivity index (χ1n) is 6.70. The van der Waals surface area contributed by atoms with Crippen LogP contribution >= 0.6 is 0 Å². The molecule has 0 aromatic heterocycles. The third kappa shape index (κ3) is 2.49. The summed E-state index contributed by atoms with van der Waals surface area (Å²) >= 11 is 0. The van der Waals surface area contributed by atoms with Gasteiger partial charge in [-0.2, -0.15) is 0 Å². The van der Waals surface area contributed by atoms with Crippen LogP contribution in [0.2, 0.25) is 0 Å². The molecule has 0 bridgehead atoms. The van der Waals surface area contributed by atoms with E-state index in [1.54, 1.807) is 0 Å². The molecule has 1 N–H and O–H groups in total. The molecule has 1 saturated carbocycles. The standard InChI is InChI=1S/C14H27NO2/c1-6-7-8-15(9-10-16)12(17)11-13(2,3)14(11,4)5/h11,16H,6-10H2,1-5H3. The Morgan fingerprint density at radius 2 is 1.71 bits per heavy atom. The fourth-order valence-electron chi connectivity index (χ4n) is 2.80. The summed E-state index contributed by atoms with van der Waals surface area (Å²) in [6, 6.07) is 0. The Bertz CT molecular complexity index is 270. The molecule has 0 spiro atoms. The summed E-state index contributed by atoms with van der Waals surface area (Å²) in [4.78, 5) is 14.3. The molecule has 1 amide bonds. The minimum absolute atomic E-state index is 0.0586. The minimum Gasteiger partial charge on any atom is -0.395 e. The van der Waals surface area contributed by atoms with Crippen molar-refractivity contribution in [1.29, 1.82) is 0 Å². The number of amides is 1. The normalized spacial score (nSPS) is 21.3. The van der Waals surface area contributed by atoms with Gasteiger partial charge in [-0.1, -0.05) is 41.0 Å². The predicted molar refractivity (Wildman–Crippen MR) is 69.6 cm³/mol. The van der Waals surface area contributed by atoms with Gasteiger partial charge in [-0.25, -0.2) is 0 Å². The van der Waals surface area contributed by atoms with Crippen LogP contribution in [0.25, 0.3) is 0 Å². The van der Waals surface area contributed by atoms with Crippen molar-refractivity contribution in [3.63, 3.8) is 0 Å². The Hall–Kier alpha value is -0.570. The lowest BCUT2D eigenvalue weighted by Crippen LogP contribution is -2.37. The Morgan fingerprint density at radius 3 is 2.06 bits per heavy atom. The van der Waals surface area contributed by atoms with E-state index in [1.807, 2.05) is 4.90 Å². The fourth-order valence-corrected chi connectivity index (χ4v) is 2.80. The lowest BCUT2D eigenvalue weighted by Gasteiger charge is -2.22. The quantitative estimate of drug-likeness (QED) is 0.775. The number of aliphatic hydroxyl groups excluding tert-OH is 1. The Balaban J connectivity index is 2.67. The SMILES string of the molecule is CCCCN(CCO)C(=O)C1C(C)(C)C1(C)C. The van der Waals surface area contributed by atoms with Crippen molar-refractivity contribution in [3.05, 3.63) is 0 Å². The first-order valence-corrected chi connectivity index (χ1v) is 6.70. The van der Waals surface area contributed by atoms with Gasteiger partial charge >= 0.3 is 0 Å². The molecule has 17 heavy (non-hydrogen) atoms. The fraction of sp³-hybridized carbons (Fsp3) is 0.929. The molecule has 0 aromatic carbocycles. The molecule has 1 rings (SSSR count). The molecule has 1 aliphatic carbocycles. The van der Waals surface area contributed by atoms with Gasteiger partial charge in [0.15, 0.2) is 0 Å². The van der Waals surface area contributed by atoms with Crippen molar-refractivity contribution in [2.45, 2.75) is 47.5 Å². The van der Waals surface area contributed by atoms with Crippen LogP contribution in [-0.2, 0) is 4.79 Å². The van der Waals surface area contributed by atoms with Crippen LogP contribution in [0, 0.1) is 16.7 Å². The average Bonchev–Trinajstić information content (AvgIpc) is 2.63. The van der Waals surface area contributed by atoms with Crippen LogP contribution in [0.5, 0.6) is 0 Å². The van der Waals surface area contributed by atoms with Gasteiger partial charge in [-0.05, 0) is 17.3 Å². The first-order chi connectivity index (χ1) is 7.80. The lowest BCUT2D eigenvalue weighted by atomic mass is 10.0. The monoisotopic (exact) mass is 241 g/mol. The van der Waals surface area contributed by atoms with Gasteiger partial charge in [0.1, 0.15) is 0 Å². The maximum absolute atomic E-state index is 12.4. The molecule has 1 aliphatic rings. The van der Waals surface area contributed by atoms with E-state index in [0.29, 0.717) is 6.54 Å². The number of unbranched alkanes of at least 4 members (excludes halogenated alkanes) is 1. The van der Waals surface area contributed by atoms with Crippen molar-refractivity contribution in [3.8, 4) is 0 Å². The molecule has 0 radical (unpaired) electrons. The van der Waals surface area contributed by atoms with Gasteiger partial charge in [0.05, 0.1) is 6.61 Å².